The van der Waals surface area contributed by atoms with Crippen LogP contribution in [0, 0.1) is 0 Å². The van der Waals surface area contributed by atoms with E-state index in [-0.39, 0.29) is 35.7 Å². The number of carbonyl (C=O) groups is 2. The van der Waals surface area contributed by atoms with Crippen LogP contribution >= 0.6 is 0 Å². The molecule has 0 radical (unpaired) electrons. The first-order chi connectivity index (χ1) is 23.8. The van der Waals surface area contributed by atoms with Crippen LogP contribution in [0.3, 0.4) is 0 Å². The first-order valence-electron chi connectivity index (χ1n) is 16.6. The fourth-order valence-electron chi connectivity index (χ4n) is 5.75. The van der Waals surface area contributed by atoms with E-state index in [1.807, 2.05) is 13.0 Å². The monoisotopic (exact) mass is 696 g/mol. The topological polar surface area (TPSA) is 170 Å². The number of phenolic OH excluding ortho intramolecular Hbond substituents is 1. The van der Waals surface area contributed by atoms with Crippen LogP contribution in [0.4, 0.5) is 0 Å². The maximum Gasteiger partial charge on any atom is 0.309 e. The molecule has 2 heterocycles. The number of aliphatic hydroxyl groups excluding tert-OH is 3. The number of carbonyl (C=O) groups excluding carboxylic acids is 2. The Morgan fingerprint density at radius 1 is 0.960 bits per heavy atom. The van der Waals surface area contributed by atoms with E-state index in [1.54, 1.807) is 18.2 Å². The molecule has 6 unspecified atom stereocenters. The SMILES string of the molecule is C=C(CCC=C(C)C)CC/C=C(\C)CC(=O)OCC1OC(Oc2cc(O)c3c(c2)OC(c2ccc(OC)c(OC)c2)CC3=O)C(O)C(O)C1O. The molecule has 2 aliphatic rings. The number of ketones is 1. The van der Waals surface area contributed by atoms with E-state index in [2.05, 4.69) is 26.5 Å². The number of fused-ring (bicyclic) bond motifs is 1. The summed E-state index contributed by atoms with van der Waals surface area (Å²) in [5.74, 6) is -0.401. The van der Waals surface area contributed by atoms with Crippen molar-refractivity contribution >= 4 is 11.8 Å². The predicted octanol–water partition coefficient (Wildman–Crippen LogP) is 5.26. The zero-order chi connectivity index (χ0) is 36.5. The molecule has 50 heavy (non-hydrogen) atoms. The normalized spacial score (nSPS) is 23.3. The Balaban J connectivity index is 1.36. The molecular formula is C38H48O12. The molecule has 12 nitrogen and oxygen atoms in total. The van der Waals surface area contributed by atoms with Gasteiger partial charge in [0, 0.05) is 12.1 Å². The molecule has 6 atom stereocenters. The summed E-state index contributed by atoms with van der Waals surface area (Å²) in [6.07, 6.45) is -0.958. The molecule has 272 valence electrons. The Hall–Kier alpha value is -4.36. The van der Waals surface area contributed by atoms with Crippen LogP contribution in [-0.2, 0) is 14.3 Å². The lowest BCUT2D eigenvalue weighted by molar-refractivity contribution is -0.278. The summed E-state index contributed by atoms with van der Waals surface area (Å²) < 4.78 is 33.6. The second-order valence-electron chi connectivity index (χ2n) is 12.8. The molecule has 0 aromatic heterocycles. The molecule has 1 saturated heterocycles. The summed E-state index contributed by atoms with van der Waals surface area (Å²) in [6.45, 7) is 9.65. The lowest BCUT2D eigenvalue weighted by Crippen LogP contribution is -2.60. The number of aromatic hydroxyl groups is 1. The van der Waals surface area contributed by atoms with Gasteiger partial charge in [0.1, 0.15) is 59.9 Å². The van der Waals surface area contributed by atoms with Crippen LogP contribution in [0.2, 0.25) is 0 Å². The third-order valence-electron chi connectivity index (χ3n) is 8.55. The number of aliphatic hydroxyl groups is 3. The quantitative estimate of drug-likeness (QED) is 0.141. The van der Waals surface area contributed by atoms with Crippen LogP contribution in [-0.4, -0.2) is 83.7 Å². The number of phenols is 1. The van der Waals surface area contributed by atoms with Gasteiger partial charge >= 0.3 is 5.97 Å². The molecule has 0 saturated carbocycles. The fraction of sp³-hybridized carbons (Fsp3) is 0.474. The molecule has 0 spiro atoms. The van der Waals surface area contributed by atoms with Crippen molar-refractivity contribution in [1.82, 2.24) is 0 Å². The van der Waals surface area contributed by atoms with E-state index in [1.165, 1.54) is 25.9 Å². The van der Waals surface area contributed by atoms with Crippen LogP contribution in [0.15, 0.2) is 65.8 Å². The molecule has 0 amide bonds. The number of allylic oxidation sites excluding steroid dienone is 4. The molecule has 12 heteroatoms. The largest absolute Gasteiger partial charge is 0.507 e. The smallest absolute Gasteiger partial charge is 0.309 e. The third kappa shape index (κ3) is 9.87. The average Bonchev–Trinajstić information content (AvgIpc) is 3.07. The van der Waals surface area contributed by atoms with Gasteiger partial charge in [0.15, 0.2) is 17.3 Å². The first-order valence-corrected chi connectivity index (χ1v) is 16.6. The fourth-order valence-corrected chi connectivity index (χ4v) is 5.75. The number of benzene rings is 2. The van der Waals surface area contributed by atoms with Crippen molar-refractivity contribution in [3.05, 3.63) is 76.9 Å². The Morgan fingerprint density at radius 3 is 2.34 bits per heavy atom. The molecule has 4 rings (SSSR count). The zero-order valence-electron chi connectivity index (χ0n) is 29.2. The van der Waals surface area contributed by atoms with E-state index < -0.39 is 55.1 Å². The molecule has 0 bridgehead atoms. The standard InChI is InChI=1S/C38H48O12/c1-21(2)9-7-10-22(3)11-8-12-23(4)15-33(41)47-20-32-35(42)36(43)37(44)38(50-32)48-25-17-26(39)34-27(40)19-29(49-31(34)18-25)24-13-14-28(45-5)30(16-24)46-6/h9,12-14,16-18,29,32,35-39,42-44H,3,7-8,10-11,15,19-20H2,1-2,4-6H3/b23-12+. The van der Waals surface area contributed by atoms with E-state index in [4.69, 9.17) is 28.4 Å². The maximum absolute atomic E-state index is 13.1. The first kappa shape index (κ1) is 38.4. The molecule has 2 aromatic carbocycles. The molecule has 2 aliphatic heterocycles. The van der Waals surface area contributed by atoms with E-state index in [0.717, 1.165) is 42.9 Å². The van der Waals surface area contributed by atoms with Gasteiger partial charge in [-0.3, -0.25) is 9.59 Å². The van der Waals surface area contributed by atoms with Crippen LogP contribution in [0.1, 0.15) is 81.3 Å². The summed E-state index contributed by atoms with van der Waals surface area (Å²) >= 11 is 0. The van der Waals surface area contributed by atoms with Crippen molar-refractivity contribution in [3.63, 3.8) is 0 Å². The zero-order valence-corrected chi connectivity index (χ0v) is 29.2. The van der Waals surface area contributed by atoms with E-state index in [0.29, 0.717) is 17.1 Å². The Morgan fingerprint density at radius 2 is 1.66 bits per heavy atom. The van der Waals surface area contributed by atoms with Gasteiger partial charge in [-0.05, 0) is 64.2 Å². The molecule has 1 fully saturated rings. The Kier molecular flexibility index (Phi) is 13.5. The van der Waals surface area contributed by atoms with Crippen molar-refractivity contribution in [3.8, 4) is 28.7 Å². The number of esters is 1. The second-order valence-corrected chi connectivity index (χ2v) is 12.8. The number of ether oxygens (including phenoxy) is 6. The van der Waals surface area contributed by atoms with Gasteiger partial charge in [0.25, 0.3) is 0 Å². The lowest BCUT2D eigenvalue weighted by atomic mass is 9.95. The minimum absolute atomic E-state index is 0.0234. The highest BCUT2D eigenvalue weighted by Crippen LogP contribution is 2.43. The molecule has 4 N–H and O–H groups in total. The average molecular weight is 697 g/mol. The van der Waals surface area contributed by atoms with Crippen molar-refractivity contribution < 1.29 is 58.4 Å². The summed E-state index contributed by atoms with van der Waals surface area (Å²) in [5, 5.41) is 42.5. The number of hydrogen-bond donors (Lipinski definition) is 4. The van der Waals surface area contributed by atoms with Crippen molar-refractivity contribution in [2.45, 2.75) is 96.1 Å². The van der Waals surface area contributed by atoms with Crippen molar-refractivity contribution in [2.24, 2.45) is 0 Å². The van der Waals surface area contributed by atoms with Gasteiger partial charge in [-0.25, -0.2) is 0 Å². The molecular weight excluding hydrogens is 648 g/mol. The van der Waals surface area contributed by atoms with Gasteiger partial charge in [-0.1, -0.05) is 41.5 Å². The molecule has 0 aliphatic carbocycles. The highest BCUT2D eigenvalue weighted by atomic mass is 16.7. The van der Waals surface area contributed by atoms with Gasteiger partial charge in [-0.2, -0.15) is 0 Å². The Bertz CT molecular complexity index is 1590. The molecule has 2 aromatic rings. The number of hydrogen-bond acceptors (Lipinski definition) is 12. The summed E-state index contributed by atoms with van der Waals surface area (Å²) in [4.78, 5) is 25.6. The van der Waals surface area contributed by atoms with Crippen molar-refractivity contribution in [2.75, 3.05) is 20.8 Å². The summed E-state index contributed by atoms with van der Waals surface area (Å²) in [6, 6.07) is 7.64. The predicted molar refractivity (Wildman–Crippen MR) is 184 cm³/mol. The number of Topliss-reactive ketones (excluding diaryl/α,β-unsaturated/α-hetero) is 1. The van der Waals surface area contributed by atoms with E-state index in [9.17, 15) is 30.0 Å². The van der Waals surface area contributed by atoms with Gasteiger partial charge in [0.05, 0.1) is 27.1 Å². The second kappa shape index (κ2) is 17.5. The summed E-state index contributed by atoms with van der Waals surface area (Å²) in [7, 11) is 3.00. The van der Waals surface area contributed by atoms with Gasteiger partial charge < -0.3 is 48.8 Å². The minimum atomic E-state index is -1.71. The van der Waals surface area contributed by atoms with Crippen LogP contribution in [0.25, 0.3) is 0 Å². The van der Waals surface area contributed by atoms with Gasteiger partial charge in [0.2, 0.25) is 6.29 Å². The van der Waals surface area contributed by atoms with Crippen LogP contribution in [0.5, 0.6) is 28.7 Å². The summed E-state index contributed by atoms with van der Waals surface area (Å²) in [5.41, 5.74) is 3.83. The lowest BCUT2D eigenvalue weighted by Gasteiger charge is -2.40. The number of methoxy groups -OCH3 is 2. The van der Waals surface area contributed by atoms with E-state index >= 15 is 0 Å². The maximum atomic E-state index is 13.1. The van der Waals surface area contributed by atoms with Crippen molar-refractivity contribution in [1.29, 1.82) is 0 Å². The van der Waals surface area contributed by atoms with Crippen LogP contribution < -0.4 is 18.9 Å². The minimum Gasteiger partial charge on any atom is -0.507 e. The Labute approximate surface area is 292 Å². The highest BCUT2D eigenvalue weighted by molar-refractivity contribution is 6.02. The van der Waals surface area contributed by atoms with Gasteiger partial charge in [-0.15, -0.1) is 0 Å². The third-order valence-corrected chi connectivity index (χ3v) is 8.55. The highest BCUT2D eigenvalue weighted by Gasteiger charge is 2.46. The number of rotatable bonds is 15.